The lowest BCUT2D eigenvalue weighted by atomic mass is 9.82. The Balaban J connectivity index is 1.16. The molecule has 0 spiro atoms. The van der Waals surface area contributed by atoms with Crippen LogP contribution in [0.15, 0.2) is 61.2 Å². The van der Waals surface area contributed by atoms with Gasteiger partial charge in [-0.15, -0.1) is 0 Å². The fourth-order valence-electron chi connectivity index (χ4n) is 4.90. The number of hydrogen-bond donors (Lipinski definition) is 4. The van der Waals surface area contributed by atoms with Crippen LogP contribution in [0.2, 0.25) is 5.02 Å². The van der Waals surface area contributed by atoms with Gasteiger partial charge >= 0.3 is 0 Å². The molecule has 1 aliphatic rings. The van der Waals surface area contributed by atoms with E-state index in [-0.39, 0.29) is 11.9 Å². The van der Waals surface area contributed by atoms with Crippen molar-refractivity contribution in [1.29, 1.82) is 0 Å². The van der Waals surface area contributed by atoms with E-state index < -0.39 is 5.60 Å². The van der Waals surface area contributed by atoms with Gasteiger partial charge in [-0.05, 0) is 45.8 Å². The molecule has 1 fully saturated rings. The maximum absolute atomic E-state index is 12.1. The molecule has 10 nitrogen and oxygen atoms in total. The second kappa shape index (κ2) is 11.6. The molecule has 3 aromatic heterocycles. The number of H-pyrrole nitrogens is 1. The zero-order chi connectivity index (χ0) is 27.4. The monoisotopic (exact) mass is 548 g/mol. The maximum Gasteiger partial charge on any atom is 0.248 e. The molecule has 1 aromatic carbocycles. The van der Waals surface area contributed by atoms with Crippen LogP contribution in [0.3, 0.4) is 0 Å². The number of aliphatic hydroxyl groups is 1. The lowest BCUT2D eigenvalue weighted by Gasteiger charge is -2.36. The van der Waals surface area contributed by atoms with E-state index in [2.05, 4.69) is 25.7 Å². The SMILES string of the molecule is CN(C)CC=CC(=O)Nc1cnn(CC2(O)CCC(Nc3ncc(Cl)c(-c4c[nH]c5ccccc45)n3)CC2)c1. The molecule has 4 N–H and O–H groups in total. The largest absolute Gasteiger partial charge is 0.388 e. The van der Waals surface area contributed by atoms with E-state index in [1.807, 2.05) is 49.5 Å². The predicted octanol–water partition coefficient (Wildman–Crippen LogP) is 4.32. The lowest BCUT2D eigenvalue weighted by molar-refractivity contribution is -0.111. The number of rotatable bonds is 9. The summed E-state index contributed by atoms with van der Waals surface area (Å²) in [6.45, 7) is 1.04. The van der Waals surface area contributed by atoms with Gasteiger partial charge in [0.15, 0.2) is 0 Å². The van der Waals surface area contributed by atoms with Gasteiger partial charge in [0.2, 0.25) is 11.9 Å². The number of fused-ring (bicyclic) bond motifs is 1. The Morgan fingerprint density at radius 3 is 2.87 bits per heavy atom. The molecular weight excluding hydrogens is 516 g/mol. The van der Waals surface area contributed by atoms with Crippen LogP contribution < -0.4 is 10.6 Å². The van der Waals surface area contributed by atoms with Crippen LogP contribution in [0.4, 0.5) is 11.6 Å². The van der Waals surface area contributed by atoms with Crippen molar-refractivity contribution in [2.45, 2.75) is 43.9 Å². The highest BCUT2D eigenvalue weighted by molar-refractivity contribution is 6.33. The summed E-state index contributed by atoms with van der Waals surface area (Å²) in [6, 6.07) is 8.15. The summed E-state index contributed by atoms with van der Waals surface area (Å²) in [6.07, 6.45) is 12.9. The van der Waals surface area contributed by atoms with Gasteiger partial charge < -0.3 is 25.6 Å². The van der Waals surface area contributed by atoms with E-state index in [0.717, 1.165) is 29.3 Å². The fourth-order valence-corrected chi connectivity index (χ4v) is 5.10. The van der Waals surface area contributed by atoms with Gasteiger partial charge in [-0.3, -0.25) is 9.48 Å². The molecule has 0 radical (unpaired) electrons. The second-order valence-electron chi connectivity index (χ2n) is 10.4. The van der Waals surface area contributed by atoms with Gasteiger partial charge in [0.1, 0.15) is 0 Å². The first-order chi connectivity index (χ1) is 18.8. The maximum atomic E-state index is 12.1. The third-order valence-electron chi connectivity index (χ3n) is 6.93. The van der Waals surface area contributed by atoms with Crippen molar-refractivity contribution in [2.24, 2.45) is 0 Å². The van der Waals surface area contributed by atoms with Crippen LogP contribution in [-0.4, -0.2) is 72.9 Å². The number of aromatic nitrogens is 5. The lowest BCUT2D eigenvalue weighted by Crippen LogP contribution is -2.41. The van der Waals surface area contributed by atoms with Crippen molar-refractivity contribution in [3.63, 3.8) is 0 Å². The van der Waals surface area contributed by atoms with E-state index in [4.69, 9.17) is 16.6 Å². The van der Waals surface area contributed by atoms with Crippen molar-refractivity contribution in [3.8, 4) is 11.3 Å². The highest BCUT2D eigenvalue weighted by Crippen LogP contribution is 2.34. The van der Waals surface area contributed by atoms with Gasteiger partial charge in [-0.25, -0.2) is 9.97 Å². The Labute approximate surface area is 232 Å². The number of aromatic amines is 1. The van der Waals surface area contributed by atoms with E-state index in [0.29, 0.717) is 48.3 Å². The number of halogens is 1. The number of amides is 1. The highest BCUT2D eigenvalue weighted by atomic mass is 35.5. The summed E-state index contributed by atoms with van der Waals surface area (Å²) in [5.41, 5.74) is 2.34. The van der Waals surface area contributed by atoms with E-state index in [1.165, 1.54) is 6.08 Å². The van der Waals surface area contributed by atoms with Crippen LogP contribution >= 0.6 is 11.6 Å². The van der Waals surface area contributed by atoms with Crippen LogP contribution in [0.5, 0.6) is 0 Å². The molecule has 0 saturated heterocycles. The first-order valence-electron chi connectivity index (χ1n) is 13.0. The van der Waals surface area contributed by atoms with Crippen molar-refractivity contribution >= 4 is 40.0 Å². The number of para-hydroxylation sites is 1. The Morgan fingerprint density at radius 2 is 2.08 bits per heavy atom. The van der Waals surface area contributed by atoms with Crippen LogP contribution in [0.1, 0.15) is 25.7 Å². The molecule has 1 saturated carbocycles. The number of likely N-dealkylation sites (N-methyl/N-ethyl adjacent to an activating group) is 1. The number of benzene rings is 1. The number of nitrogens with zero attached hydrogens (tertiary/aromatic N) is 5. The molecule has 5 rings (SSSR count). The molecule has 3 heterocycles. The van der Waals surface area contributed by atoms with Crippen LogP contribution in [0.25, 0.3) is 22.2 Å². The molecule has 39 heavy (non-hydrogen) atoms. The van der Waals surface area contributed by atoms with Gasteiger partial charge in [-0.2, -0.15) is 5.10 Å². The fraction of sp³-hybridized carbons (Fsp3) is 0.357. The van der Waals surface area contributed by atoms with Crippen LogP contribution in [0, 0.1) is 0 Å². The smallest absolute Gasteiger partial charge is 0.248 e. The summed E-state index contributed by atoms with van der Waals surface area (Å²) >= 11 is 6.47. The molecule has 0 aliphatic heterocycles. The average Bonchev–Trinajstić information content (AvgIpc) is 3.53. The third-order valence-corrected chi connectivity index (χ3v) is 7.21. The first kappa shape index (κ1) is 26.9. The molecule has 1 aliphatic carbocycles. The quantitative estimate of drug-likeness (QED) is 0.230. The van der Waals surface area contributed by atoms with Crippen molar-refractivity contribution < 1.29 is 9.90 Å². The topological polar surface area (TPSA) is 124 Å². The first-order valence-corrected chi connectivity index (χ1v) is 13.4. The minimum atomic E-state index is -0.882. The van der Waals surface area contributed by atoms with E-state index in [1.54, 1.807) is 29.3 Å². The Kier molecular flexibility index (Phi) is 7.97. The van der Waals surface area contributed by atoms with Gasteiger partial charge in [0, 0.05) is 47.5 Å². The number of hydrogen-bond acceptors (Lipinski definition) is 7. The summed E-state index contributed by atoms with van der Waals surface area (Å²) in [7, 11) is 3.88. The molecule has 1 amide bonds. The summed E-state index contributed by atoms with van der Waals surface area (Å²) in [4.78, 5) is 26.4. The number of carbonyl (C=O) groups excluding carboxylic acids is 1. The zero-order valence-electron chi connectivity index (χ0n) is 22.1. The van der Waals surface area contributed by atoms with Crippen molar-refractivity contribution in [1.82, 2.24) is 29.6 Å². The summed E-state index contributed by atoms with van der Waals surface area (Å²) in [5.74, 6) is 0.307. The molecular formula is C28H33ClN8O2. The minimum Gasteiger partial charge on any atom is -0.388 e. The minimum absolute atomic E-state index is 0.128. The molecule has 0 unspecified atom stereocenters. The zero-order valence-corrected chi connectivity index (χ0v) is 22.8. The highest BCUT2D eigenvalue weighted by Gasteiger charge is 2.34. The summed E-state index contributed by atoms with van der Waals surface area (Å²) in [5, 5.41) is 23.3. The van der Waals surface area contributed by atoms with E-state index >= 15 is 0 Å². The number of nitrogens with one attached hydrogen (secondary N) is 3. The van der Waals surface area contributed by atoms with Crippen molar-refractivity contribution in [2.75, 3.05) is 31.3 Å². The van der Waals surface area contributed by atoms with Gasteiger partial charge in [0.05, 0.1) is 40.9 Å². The van der Waals surface area contributed by atoms with E-state index in [9.17, 15) is 9.90 Å². The summed E-state index contributed by atoms with van der Waals surface area (Å²) < 4.78 is 1.68. The standard InChI is InChI=1S/C28H33ClN8O2/c1-36(2)13-5-8-25(38)33-20-14-32-37(17-20)18-28(39)11-9-19(10-12-28)34-27-31-16-23(29)26(35-27)22-15-30-24-7-4-3-6-21(22)24/h3-8,14-17,19,30,39H,9-13,18H2,1-2H3,(H,33,38)(H,31,34,35). The molecule has 0 bridgehead atoms. The normalized spacial score (nSPS) is 19.7. The molecule has 204 valence electrons. The molecule has 0 atom stereocenters. The van der Waals surface area contributed by atoms with Crippen LogP contribution in [-0.2, 0) is 11.3 Å². The van der Waals surface area contributed by atoms with Gasteiger partial charge in [0.25, 0.3) is 0 Å². The predicted molar refractivity (Wildman–Crippen MR) is 154 cm³/mol. The third kappa shape index (κ3) is 6.65. The second-order valence-corrected chi connectivity index (χ2v) is 10.8. The number of carbonyl (C=O) groups is 1. The molecule has 11 heteroatoms. The number of anilines is 2. The Hall–Kier alpha value is -3.73. The Morgan fingerprint density at radius 1 is 1.28 bits per heavy atom. The van der Waals surface area contributed by atoms with Gasteiger partial charge in [-0.1, -0.05) is 35.9 Å². The van der Waals surface area contributed by atoms with Crippen molar-refractivity contribution in [3.05, 3.63) is 66.2 Å². The Bertz CT molecular complexity index is 1470. The average molecular weight is 549 g/mol. The molecule has 4 aromatic rings.